The fraction of sp³-hybridized carbons (Fsp3) is 0.533. The van der Waals surface area contributed by atoms with E-state index >= 15 is 0 Å². The van der Waals surface area contributed by atoms with E-state index in [0.29, 0.717) is 0 Å². The summed E-state index contributed by atoms with van der Waals surface area (Å²) in [4.78, 5) is 14.8. The summed E-state index contributed by atoms with van der Waals surface area (Å²) in [7, 11) is 0. The van der Waals surface area contributed by atoms with Gasteiger partial charge in [0, 0.05) is 0 Å². The van der Waals surface area contributed by atoms with Gasteiger partial charge in [0.15, 0.2) is 0 Å². The molecule has 1 aromatic rings. The lowest BCUT2D eigenvalue weighted by Gasteiger charge is -2.40. The van der Waals surface area contributed by atoms with Crippen LogP contribution in [-0.4, -0.2) is 12.2 Å². The summed E-state index contributed by atoms with van der Waals surface area (Å²) in [6, 6.07) is 6.12. The van der Waals surface area contributed by atoms with Crippen LogP contribution in [0.15, 0.2) is 23.2 Å². The molecule has 3 heteroatoms. The lowest BCUT2D eigenvalue weighted by atomic mass is 9.70. The topological polar surface area (TPSA) is 38.7 Å². The molecule has 1 heterocycles. The van der Waals surface area contributed by atoms with Crippen LogP contribution in [0.5, 0.6) is 5.75 Å². The Kier molecular flexibility index (Phi) is 2.71. The molecule has 3 rings (SSSR count). The number of isocyanates is 1. The third-order valence-corrected chi connectivity index (χ3v) is 4.20. The molecule has 1 unspecified atom stereocenters. The molecule has 2 aliphatic rings. The SMILES string of the molecule is CC1CCc2c(cccc2C2(N=C=O)CCC2)O1. The summed E-state index contributed by atoms with van der Waals surface area (Å²) in [5, 5.41) is 0. The number of ether oxygens (including phenoxy) is 1. The van der Waals surface area contributed by atoms with Crippen molar-refractivity contribution in [1.82, 2.24) is 0 Å². The van der Waals surface area contributed by atoms with Crippen LogP contribution in [0.2, 0.25) is 0 Å². The number of benzene rings is 1. The largest absolute Gasteiger partial charge is 0.490 e. The van der Waals surface area contributed by atoms with Crippen LogP contribution in [0, 0.1) is 0 Å². The molecule has 3 nitrogen and oxygen atoms in total. The zero-order chi connectivity index (χ0) is 12.6. The molecule has 1 fully saturated rings. The molecule has 18 heavy (non-hydrogen) atoms. The number of fused-ring (bicyclic) bond motifs is 1. The quantitative estimate of drug-likeness (QED) is 0.591. The number of aliphatic imine (C=N–C) groups is 1. The monoisotopic (exact) mass is 243 g/mol. The fourth-order valence-electron chi connectivity index (χ4n) is 3.03. The zero-order valence-corrected chi connectivity index (χ0v) is 10.6. The highest BCUT2D eigenvalue weighted by Crippen LogP contribution is 2.48. The Morgan fingerprint density at radius 2 is 2.28 bits per heavy atom. The van der Waals surface area contributed by atoms with E-state index in [1.54, 1.807) is 6.08 Å². The first-order chi connectivity index (χ1) is 8.75. The molecule has 0 spiro atoms. The molecule has 0 radical (unpaired) electrons. The second-order valence-corrected chi connectivity index (χ2v) is 5.34. The number of rotatable bonds is 2. The maximum atomic E-state index is 10.7. The smallest absolute Gasteiger partial charge is 0.235 e. The summed E-state index contributed by atoms with van der Waals surface area (Å²) in [6.07, 6.45) is 7.12. The van der Waals surface area contributed by atoms with Gasteiger partial charge in [-0.3, -0.25) is 0 Å². The Bertz CT molecular complexity index is 513. The maximum Gasteiger partial charge on any atom is 0.235 e. The summed E-state index contributed by atoms with van der Waals surface area (Å²) in [5.74, 6) is 0.971. The highest BCUT2D eigenvalue weighted by Gasteiger charge is 2.41. The number of nitrogens with zero attached hydrogens (tertiary/aromatic N) is 1. The van der Waals surface area contributed by atoms with E-state index in [2.05, 4.69) is 18.0 Å². The average molecular weight is 243 g/mol. The molecular formula is C15H17NO2. The highest BCUT2D eigenvalue weighted by molar-refractivity contribution is 5.48. The molecular weight excluding hydrogens is 226 g/mol. The predicted octanol–water partition coefficient (Wildman–Crippen LogP) is 3.12. The molecule has 0 N–H and O–H groups in total. The molecule has 0 saturated heterocycles. The first kappa shape index (κ1) is 11.5. The van der Waals surface area contributed by atoms with Gasteiger partial charge in [-0.2, -0.15) is 4.99 Å². The van der Waals surface area contributed by atoms with Gasteiger partial charge >= 0.3 is 0 Å². The van der Waals surface area contributed by atoms with Crippen LogP contribution >= 0.6 is 0 Å². The van der Waals surface area contributed by atoms with Gasteiger partial charge in [-0.05, 0) is 56.2 Å². The minimum atomic E-state index is -0.309. The summed E-state index contributed by atoms with van der Waals surface area (Å²) >= 11 is 0. The van der Waals surface area contributed by atoms with E-state index in [4.69, 9.17) is 4.74 Å². The van der Waals surface area contributed by atoms with E-state index in [-0.39, 0.29) is 11.6 Å². The van der Waals surface area contributed by atoms with Crippen molar-refractivity contribution < 1.29 is 9.53 Å². The Morgan fingerprint density at radius 3 is 2.94 bits per heavy atom. The van der Waals surface area contributed by atoms with Crippen molar-refractivity contribution >= 4 is 6.08 Å². The Balaban J connectivity index is 2.07. The molecule has 0 bridgehead atoms. The van der Waals surface area contributed by atoms with E-state index < -0.39 is 0 Å². The molecule has 1 aromatic carbocycles. The van der Waals surface area contributed by atoms with Crippen molar-refractivity contribution in [2.24, 2.45) is 4.99 Å². The van der Waals surface area contributed by atoms with Crippen molar-refractivity contribution in [1.29, 1.82) is 0 Å². The van der Waals surface area contributed by atoms with Crippen LogP contribution in [0.4, 0.5) is 0 Å². The number of hydrogen-bond acceptors (Lipinski definition) is 3. The van der Waals surface area contributed by atoms with Crippen LogP contribution < -0.4 is 4.74 Å². The van der Waals surface area contributed by atoms with Gasteiger partial charge in [0.25, 0.3) is 0 Å². The molecule has 1 atom stereocenters. The summed E-state index contributed by atoms with van der Waals surface area (Å²) in [5.41, 5.74) is 2.12. The Hall–Kier alpha value is -1.60. The average Bonchev–Trinajstić information content (AvgIpc) is 2.33. The van der Waals surface area contributed by atoms with E-state index in [0.717, 1.165) is 37.9 Å². The second-order valence-electron chi connectivity index (χ2n) is 5.34. The normalized spacial score (nSPS) is 24.2. The first-order valence-electron chi connectivity index (χ1n) is 6.63. The molecule has 1 saturated carbocycles. The van der Waals surface area contributed by atoms with Gasteiger partial charge < -0.3 is 4.74 Å². The highest BCUT2D eigenvalue weighted by atomic mass is 16.5. The minimum absolute atomic E-state index is 0.277. The standard InChI is InChI=1S/C15H17NO2/c1-11-6-7-12-13(4-2-5-14(12)18-11)15(16-10-17)8-3-9-15/h2,4-5,11H,3,6-9H2,1H3. The number of carbonyl (C=O) groups excluding carboxylic acids is 1. The van der Waals surface area contributed by atoms with Gasteiger partial charge in [-0.15, -0.1) is 0 Å². The fourth-order valence-corrected chi connectivity index (χ4v) is 3.03. The summed E-state index contributed by atoms with van der Waals surface area (Å²) in [6.45, 7) is 2.10. The molecule has 0 aromatic heterocycles. The van der Waals surface area contributed by atoms with E-state index in [1.807, 2.05) is 12.1 Å². The van der Waals surface area contributed by atoms with Crippen molar-refractivity contribution in [3.63, 3.8) is 0 Å². The zero-order valence-electron chi connectivity index (χ0n) is 10.6. The van der Waals surface area contributed by atoms with Crippen molar-refractivity contribution in [2.45, 2.75) is 50.7 Å². The van der Waals surface area contributed by atoms with E-state index in [9.17, 15) is 4.79 Å². The Labute approximate surface area is 107 Å². The number of hydrogen-bond donors (Lipinski definition) is 0. The second kappa shape index (κ2) is 4.25. The summed E-state index contributed by atoms with van der Waals surface area (Å²) < 4.78 is 5.87. The van der Waals surface area contributed by atoms with Gasteiger partial charge in [0.1, 0.15) is 5.75 Å². The van der Waals surface area contributed by atoms with E-state index in [1.165, 1.54) is 11.1 Å². The van der Waals surface area contributed by atoms with Gasteiger partial charge in [0.05, 0.1) is 11.6 Å². The predicted molar refractivity (Wildman–Crippen MR) is 68.5 cm³/mol. The van der Waals surface area contributed by atoms with Gasteiger partial charge in [0.2, 0.25) is 6.08 Å². The maximum absolute atomic E-state index is 10.7. The molecule has 1 aliphatic carbocycles. The van der Waals surface area contributed by atoms with Crippen molar-refractivity contribution in [3.05, 3.63) is 29.3 Å². The van der Waals surface area contributed by atoms with Crippen LogP contribution in [0.1, 0.15) is 43.7 Å². The molecule has 0 amide bonds. The minimum Gasteiger partial charge on any atom is -0.490 e. The Morgan fingerprint density at radius 1 is 1.44 bits per heavy atom. The first-order valence-corrected chi connectivity index (χ1v) is 6.63. The van der Waals surface area contributed by atoms with Crippen molar-refractivity contribution in [2.75, 3.05) is 0 Å². The van der Waals surface area contributed by atoms with Crippen molar-refractivity contribution in [3.8, 4) is 5.75 Å². The molecule has 1 aliphatic heterocycles. The third-order valence-electron chi connectivity index (χ3n) is 4.20. The lowest BCUT2D eigenvalue weighted by molar-refractivity contribution is 0.187. The van der Waals surface area contributed by atoms with Crippen LogP contribution in [0.25, 0.3) is 0 Å². The van der Waals surface area contributed by atoms with Gasteiger partial charge in [-0.1, -0.05) is 12.1 Å². The van der Waals surface area contributed by atoms with Crippen LogP contribution in [-0.2, 0) is 16.8 Å². The third kappa shape index (κ3) is 1.67. The lowest BCUT2D eigenvalue weighted by Crippen LogP contribution is -2.34. The molecule has 94 valence electrons. The van der Waals surface area contributed by atoms with Crippen LogP contribution in [0.3, 0.4) is 0 Å². The van der Waals surface area contributed by atoms with Gasteiger partial charge in [-0.25, -0.2) is 4.79 Å².